The molecule has 0 spiro atoms. The van der Waals surface area contributed by atoms with Crippen LogP contribution in [0.25, 0.3) is 0 Å². The Morgan fingerprint density at radius 1 is 1.32 bits per heavy atom. The molecule has 0 atom stereocenters. The summed E-state index contributed by atoms with van der Waals surface area (Å²) in [6.45, 7) is 13.9. The summed E-state index contributed by atoms with van der Waals surface area (Å²) in [4.78, 5) is 11.7. The van der Waals surface area contributed by atoms with Crippen LogP contribution in [0, 0.1) is 0 Å². The molecule has 6 nitrogen and oxygen atoms in total. The van der Waals surface area contributed by atoms with Crippen molar-refractivity contribution in [3.05, 3.63) is 11.9 Å². The molecule has 0 saturated heterocycles. The van der Waals surface area contributed by atoms with Gasteiger partial charge in [-0.15, -0.1) is 16.9 Å². The van der Waals surface area contributed by atoms with Gasteiger partial charge in [0.05, 0.1) is 30.7 Å². The van der Waals surface area contributed by atoms with E-state index in [1.165, 1.54) is 0 Å². The van der Waals surface area contributed by atoms with Crippen molar-refractivity contribution in [3.63, 3.8) is 0 Å². The van der Waals surface area contributed by atoms with Gasteiger partial charge in [-0.25, -0.2) is 0 Å². The predicted octanol–water partition coefficient (Wildman–Crippen LogP) is 2.24. The number of carbonyl (C=O) groups excluding carboxylic acids is 1. The molecule has 1 N–H and O–H groups in total. The molecule has 1 amide bonds. The normalized spacial score (nSPS) is 12.5. The molecule has 0 aliphatic rings. The van der Waals surface area contributed by atoms with Crippen LogP contribution < -0.4 is 5.32 Å². The van der Waals surface area contributed by atoms with Crippen molar-refractivity contribution < 1.29 is 9.53 Å². The average Bonchev–Trinajstić information content (AvgIpc) is 2.80. The fraction of sp³-hybridized carbons (Fsp3) is 0.800. The Kier molecular flexibility index (Phi) is 6.87. The number of nitrogens with zero attached hydrogens (tertiary/aromatic N) is 3. The van der Waals surface area contributed by atoms with Crippen LogP contribution in [0.1, 0.15) is 47.2 Å². The summed E-state index contributed by atoms with van der Waals surface area (Å²) >= 11 is 1.64. The summed E-state index contributed by atoms with van der Waals surface area (Å²) < 4.78 is 7.47. The number of rotatable bonds is 7. The second kappa shape index (κ2) is 7.97. The first kappa shape index (κ1) is 19.0. The molecule has 0 radical (unpaired) electrons. The molecule has 0 fully saturated rings. The Morgan fingerprint density at radius 2 is 2.00 bits per heavy atom. The van der Waals surface area contributed by atoms with Gasteiger partial charge in [-0.3, -0.25) is 9.48 Å². The lowest BCUT2D eigenvalue weighted by Gasteiger charge is -2.18. The van der Waals surface area contributed by atoms with Gasteiger partial charge >= 0.3 is 0 Å². The summed E-state index contributed by atoms with van der Waals surface area (Å²) in [5, 5.41) is 11.0. The highest BCUT2D eigenvalue weighted by Crippen LogP contribution is 2.22. The van der Waals surface area contributed by atoms with Crippen molar-refractivity contribution in [1.29, 1.82) is 0 Å². The topological polar surface area (TPSA) is 69.0 Å². The van der Waals surface area contributed by atoms with Crippen LogP contribution in [0.2, 0.25) is 0 Å². The summed E-state index contributed by atoms with van der Waals surface area (Å²) in [7, 11) is 0. The van der Waals surface area contributed by atoms with Crippen LogP contribution >= 0.6 is 11.8 Å². The van der Waals surface area contributed by atoms with Gasteiger partial charge in [0, 0.05) is 11.3 Å². The fourth-order valence-corrected chi connectivity index (χ4v) is 2.11. The largest absolute Gasteiger partial charge is 0.369 e. The van der Waals surface area contributed by atoms with E-state index in [0.29, 0.717) is 25.4 Å². The molecule has 1 heterocycles. The molecular weight excluding hydrogens is 300 g/mol. The lowest BCUT2D eigenvalue weighted by atomic mass is 10.2. The first-order valence-corrected chi connectivity index (χ1v) is 8.47. The molecule has 1 rings (SSSR count). The van der Waals surface area contributed by atoms with E-state index in [9.17, 15) is 4.79 Å². The van der Waals surface area contributed by atoms with Gasteiger partial charge in [0.2, 0.25) is 5.91 Å². The lowest BCUT2D eigenvalue weighted by Crippen LogP contribution is -2.30. The molecule has 1 aromatic rings. The standard InChI is InChI=1S/C15H28N4O2S/c1-14(2,3)21-10-12-9-19(18-17-12)8-7-16-13(20)11-22-15(4,5)6/h9H,7-8,10-11H2,1-6H3,(H,16,20). The lowest BCUT2D eigenvalue weighted by molar-refractivity contribution is -0.118. The van der Waals surface area contributed by atoms with E-state index in [-0.39, 0.29) is 16.3 Å². The molecule has 0 saturated carbocycles. The Bertz CT molecular complexity index is 475. The quantitative estimate of drug-likeness (QED) is 0.831. The zero-order valence-electron chi connectivity index (χ0n) is 14.5. The SMILES string of the molecule is CC(C)(C)OCc1cn(CCNC(=O)CSC(C)(C)C)nn1. The van der Waals surface area contributed by atoms with Gasteiger partial charge in [0.1, 0.15) is 5.69 Å². The van der Waals surface area contributed by atoms with Crippen molar-refractivity contribution in [2.45, 2.75) is 65.0 Å². The second-order valence-electron chi connectivity index (χ2n) is 7.13. The van der Waals surface area contributed by atoms with Crippen LogP contribution in [-0.4, -0.2) is 43.5 Å². The van der Waals surface area contributed by atoms with Crippen LogP contribution in [0.3, 0.4) is 0 Å². The van der Waals surface area contributed by atoms with Crippen LogP contribution in [0.4, 0.5) is 0 Å². The van der Waals surface area contributed by atoms with Gasteiger partial charge in [0.15, 0.2) is 0 Å². The number of hydrogen-bond donors (Lipinski definition) is 1. The van der Waals surface area contributed by atoms with Gasteiger partial charge in [-0.2, -0.15) is 0 Å². The highest BCUT2D eigenvalue weighted by molar-refractivity contribution is 8.01. The van der Waals surface area contributed by atoms with Crippen LogP contribution in [0.5, 0.6) is 0 Å². The van der Waals surface area contributed by atoms with E-state index in [1.807, 2.05) is 27.0 Å². The third kappa shape index (κ3) is 9.04. The van der Waals surface area contributed by atoms with E-state index in [0.717, 1.165) is 5.69 Å². The first-order chi connectivity index (χ1) is 10.1. The fourth-order valence-electron chi connectivity index (χ4n) is 1.45. The van der Waals surface area contributed by atoms with Crippen molar-refractivity contribution in [1.82, 2.24) is 20.3 Å². The molecule has 0 aliphatic carbocycles. The maximum Gasteiger partial charge on any atom is 0.230 e. The summed E-state index contributed by atoms with van der Waals surface area (Å²) in [6, 6.07) is 0. The molecule has 0 aromatic carbocycles. The van der Waals surface area contributed by atoms with Gasteiger partial charge in [-0.1, -0.05) is 26.0 Å². The van der Waals surface area contributed by atoms with Crippen molar-refractivity contribution >= 4 is 17.7 Å². The number of nitrogens with one attached hydrogen (secondary N) is 1. The summed E-state index contributed by atoms with van der Waals surface area (Å²) in [5.74, 6) is 0.530. The minimum atomic E-state index is -0.192. The van der Waals surface area contributed by atoms with E-state index in [1.54, 1.807) is 16.4 Å². The molecule has 0 bridgehead atoms. The molecular formula is C15H28N4O2S. The highest BCUT2D eigenvalue weighted by Gasteiger charge is 2.13. The molecule has 126 valence electrons. The number of ether oxygens (including phenoxy) is 1. The minimum Gasteiger partial charge on any atom is -0.369 e. The number of aromatic nitrogens is 3. The minimum absolute atomic E-state index is 0.0522. The van der Waals surface area contributed by atoms with Crippen LogP contribution in [-0.2, 0) is 22.7 Å². The second-order valence-corrected chi connectivity index (χ2v) is 8.93. The summed E-state index contributed by atoms with van der Waals surface area (Å²) in [5.41, 5.74) is 0.604. The third-order valence-corrected chi connectivity index (χ3v) is 3.81. The van der Waals surface area contributed by atoms with Gasteiger partial charge in [-0.05, 0) is 20.8 Å². The van der Waals surface area contributed by atoms with Crippen molar-refractivity contribution in [2.24, 2.45) is 0 Å². The smallest absolute Gasteiger partial charge is 0.230 e. The highest BCUT2D eigenvalue weighted by atomic mass is 32.2. The van der Waals surface area contributed by atoms with Crippen LogP contribution in [0.15, 0.2) is 6.20 Å². The zero-order valence-corrected chi connectivity index (χ0v) is 15.3. The molecule has 1 aromatic heterocycles. The Morgan fingerprint density at radius 3 is 2.59 bits per heavy atom. The van der Waals surface area contributed by atoms with Gasteiger partial charge in [0.25, 0.3) is 0 Å². The summed E-state index contributed by atoms with van der Waals surface area (Å²) in [6.07, 6.45) is 1.85. The van der Waals surface area contributed by atoms with E-state index in [4.69, 9.17) is 4.74 Å². The number of amides is 1. The number of thioether (sulfide) groups is 1. The third-order valence-electron chi connectivity index (χ3n) is 2.54. The molecule has 22 heavy (non-hydrogen) atoms. The first-order valence-electron chi connectivity index (χ1n) is 7.49. The van der Waals surface area contributed by atoms with Crippen molar-refractivity contribution in [2.75, 3.05) is 12.3 Å². The maximum absolute atomic E-state index is 11.7. The zero-order chi connectivity index (χ0) is 16.8. The van der Waals surface area contributed by atoms with E-state index >= 15 is 0 Å². The van der Waals surface area contributed by atoms with E-state index < -0.39 is 0 Å². The number of carbonyl (C=O) groups is 1. The van der Waals surface area contributed by atoms with Gasteiger partial charge < -0.3 is 10.1 Å². The Labute approximate surface area is 137 Å². The monoisotopic (exact) mass is 328 g/mol. The average molecular weight is 328 g/mol. The molecule has 7 heteroatoms. The Hall–Kier alpha value is -1.08. The molecule has 0 aliphatic heterocycles. The number of hydrogen-bond acceptors (Lipinski definition) is 5. The van der Waals surface area contributed by atoms with Crippen molar-refractivity contribution in [3.8, 4) is 0 Å². The predicted molar refractivity (Wildman–Crippen MR) is 89.8 cm³/mol. The van der Waals surface area contributed by atoms with E-state index in [2.05, 4.69) is 36.4 Å². The molecule has 0 unspecified atom stereocenters. The maximum atomic E-state index is 11.7. The Balaban J connectivity index is 2.25.